The van der Waals surface area contributed by atoms with Crippen molar-refractivity contribution in [3.05, 3.63) is 22.2 Å². The maximum Gasteiger partial charge on any atom is 0.344 e. The van der Waals surface area contributed by atoms with Crippen LogP contribution in [0.5, 0.6) is 11.5 Å². The summed E-state index contributed by atoms with van der Waals surface area (Å²) in [6.45, 7) is 5.09. The summed E-state index contributed by atoms with van der Waals surface area (Å²) in [7, 11) is 1.45. The van der Waals surface area contributed by atoms with Crippen LogP contribution in [0.2, 0.25) is 10.0 Å². The molecule has 0 bridgehead atoms. The highest BCUT2D eigenvalue weighted by atomic mass is 35.5. The van der Waals surface area contributed by atoms with Crippen LogP contribution in [0, 0.1) is 0 Å². The highest BCUT2D eigenvalue weighted by molar-refractivity contribution is 6.35. The Balaban J connectivity index is 2.75. The number of esters is 1. The highest BCUT2D eigenvalue weighted by Crippen LogP contribution is 2.37. The van der Waals surface area contributed by atoms with E-state index in [1.165, 1.54) is 19.2 Å². The first-order chi connectivity index (χ1) is 8.73. The van der Waals surface area contributed by atoms with Gasteiger partial charge in [-0.3, -0.25) is 0 Å². The molecule has 4 nitrogen and oxygen atoms in total. The number of methoxy groups -OCH3 is 1. The fourth-order valence-electron chi connectivity index (χ4n) is 1.35. The second-order valence-electron chi connectivity index (χ2n) is 4.79. The van der Waals surface area contributed by atoms with Gasteiger partial charge in [0.05, 0.1) is 12.1 Å². The molecule has 1 rings (SSSR count). The first-order valence-corrected chi connectivity index (χ1v) is 6.36. The van der Waals surface area contributed by atoms with Gasteiger partial charge in [-0.25, -0.2) is 4.79 Å². The van der Waals surface area contributed by atoms with Crippen LogP contribution in [0.15, 0.2) is 12.1 Å². The number of carbonyl (C=O) groups is 1. The van der Waals surface area contributed by atoms with Crippen molar-refractivity contribution in [2.24, 2.45) is 0 Å². The van der Waals surface area contributed by atoms with Crippen molar-refractivity contribution < 1.29 is 19.0 Å². The molecule has 0 fully saturated rings. The number of halogens is 2. The Kier molecular flexibility index (Phi) is 5.32. The molecule has 0 aliphatic rings. The summed E-state index contributed by atoms with van der Waals surface area (Å²) in [5.74, 6) is 0.145. The maximum atomic E-state index is 11.5. The quantitative estimate of drug-likeness (QED) is 0.795. The lowest BCUT2D eigenvalue weighted by atomic mass is 10.2. The number of rotatable bonds is 4. The number of benzene rings is 1. The molecular weight excluding hydrogens is 291 g/mol. The summed E-state index contributed by atoms with van der Waals surface area (Å²) < 4.78 is 15.5. The SMILES string of the molecule is COc1c(Cl)cc(Cl)cc1OCC(=O)OC(C)(C)C. The predicted octanol–water partition coefficient (Wildman–Crippen LogP) is 3.72. The molecular formula is C13H16Cl2O4. The van der Waals surface area contributed by atoms with Crippen LogP contribution >= 0.6 is 23.2 Å². The summed E-state index contributed by atoms with van der Waals surface area (Å²) in [6, 6.07) is 3.05. The molecule has 0 unspecified atom stereocenters. The molecule has 0 heterocycles. The molecule has 0 aliphatic carbocycles. The average Bonchev–Trinajstić information content (AvgIpc) is 2.23. The zero-order valence-electron chi connectivity index (χ0n) is 11.3. The van der Waals surface area contributed by atoms with E-state index >= 15 is 0 Å². The Hall–Kier alpha value is -1.13. The van der Waals surface area contributed by atoms with Gasteiger partial charge in [0.15, 0.2) is 18.1 Å². The summed E-state index contributed by atoms with van der Waals surface area (Å²) in [5, 5.41) is 0.708. The third kappa shape index (κ3) is 5.17. The number of ether oxygens (including phenoxy) is 3. The molecule has 0 aliphatic heterocycles. The lowest BCUT2D eigenvalue weighted by Crippen LogP contribution is -2.27. The topological polar surface area (TPSA) is 44.8 Å². The van der Waals surface area contributed by atoms with Gasteiger partial charge in [-0.1, -0.05) is 23.2 Å². The molecule has 6 heteroatoms. The van der Waals surface area contributed by atoms with E-state index in [4.69, 9.17) is 37.4 Å². The van der Waals surface area contributed by atoms with E-state index in [-0.39, 0.29) is 6.61 Å². The van der Waals surface area contributed by atoms with Gasteiger partial charge in [0.1, 0.15) is 5.60 Å². The molecule has 0 radical (unpaired) electrons. The molecule has 1 aromatic rings. The Morgan fingerprint density at radius 1 is 1.26 bits per heavy atom. The fourth-order valence-corrected chi connectivity index (χ4v) is 1.90. The van der Waals surface area contributed by atoms with Gasteiger partial charge in [0.2, 0.25) is 0 Å². The standard InChI is InChI=1S/C13H16Cl2O4/c1-13(2,3)19-11(16)7-18-10-6-8(14)5-9(15)12(10)17-4/h5-6H,7H2,1-4H3. The van der Waals surface area contributed by atoms with Gasteiger partial charge in [-0.05, 0) is 26.8 Å². The van der Waals surface area contributed by atoms with Crippen molar-refractivity contribution in [1.82, 2.24) is 0 Å². The first kappa shape index (κ1) is 15.9. The minimum absolute atomic E-state index is 0.246. The Labute approximate surface area is 122 Å². The van der Waals surface area contributed by atoms with E-state index in [2.05, 4.69) is 0 Å². The summed E-state index contributed by atoms with van der Waals surface area (Å²) in [6.07, 6.45) is 0. The van der Waals surface area contributed by atoms with Gasteiger partial charge in [0, 0.05) is 11.1 Å². The van der Waals surface area contributed by atoms with Crippen LogP contribution in [0.3, 0.4) is 0 Å². The minimum Gasteiger partial charge on any atom is -0.491 e. The van der Waals surface area contributed by atoms with Crippen LogP contribution in [0.4, 0.5) is 0 Å². The fraction of sp³-hybridized carbons (Fsp3) is 0.462. The van der Waals surface area contributed by atoms with Crippen molar-refractivity contribution in [3.8, 4) is 11.5 Å². The van der Waals surface area contributed by atoms with Crippen LogP contribution in [0.1, 0.15) is 20.8 Å². The second kappa shape index (κ2) is 6.35. The van der Waals surface area contributed by atoms with Crippen molar-refractivity contribution in [2.45, 2.75) is 26.4 Å². The van der Waals surface area contributed by atoms with E-state index in [1.54, 1.807) is 20.8 Å². The van der Waals surface area contributed by atoms with Gasteiger partial charge in [-0.15, -0.1) is 0 Å². The first-order valence-electron chi connectivity index (χ1n) is 5.60. The van der Waals surface area contributed by atoms with Crippen molar-refractivity contribution in [1.29, 1.82) is 0 Å². The van der Waals surface area contributed by atoms with E-state index in [9.17, 15) is 4.79 Å². The average molecular weight is 307 g/mol. The smallest absolute Gasteiger partial charge is 0.344 e. The summed E-state index contributed by atoms with van der Waals surface area (Å²) >= 11 is 11.8. The Bertz CT molecular complexity index is 466. The molecule has 0 saturated carbocycles. The molecule has 0 saturated heterocycles. The number of hydrogen-bond donors (Lipinski definition) is 0. The molecule has 19 heavy (non-hydrogen) atoms. The van der Waals surface area contributed by atoms with Gasteiger partial charge in [0.25, 0.3) is 0 Å². The van der Waals surface area contributed by atoms with Crippen LogP contribution in [0.25, 0.3) is 0 Å². The third-order valence-electron chi connectivity index (χ3n) is 1.94. The Morgan fingerprint density at radius 3 is 2.42 bits per heavy atom. The maximum absolute atomic E-state index is 11.5. The highest BCUT2D eigenvalue weighted by Gasteiger charge is 2.18. The van der Waals surface area contributed by atoms with Crippen LogP contribution in [-0.4, -0.2) is 25.3 Å². The van der Waals surface area contributed by atoms with Crippen LogP contribution < -0.4 is 9.47 Å². The summed E-state index contributed by atoms with van der Waals surface area (Å²) in [4.78, 5) is 11.5. The monoisotopic (exact) mass is 306 g/mol. The van der Waals surface area contributed by atoms with Crippen molar-refractivity contribution in [3.63, 3.8) is 0 Å². The molecule has 0 amide bonds. The van der Waals surface area contributed by atoms with E-state index in [1.807, 2.05) is 0 Å². The largest absolute Gasteiger partial charge is 0.491 e. The van der Waals surface area contributed by atoms with E-state index in [0.29, 0.717) is 21.5 Å². The zero-order valence-corrected chi connectivity index (χ0v) is 12.8. The lowest BCUT2D eigenvalue weighted by Gasteiger charge is -2.20. The molecule has 0 N–H and O–H groups in total. The van der Waals surface area contributed by atoms with Crippen molar-refractivity contribution >= 4 is 29.2 Å². The summed E-state index contributed by atoms with van der Waals surface area (Å²) in [5.41, 5.74) is -0.559. The van der Waals surface area contributed by atoms with Crippen LogP contribution in [-0.2, 0) is 9.53 Å². The minimum atomic E-state index is -0.559. The lowest BCUT2D eigenvalue weighted by molar-refractivity contribution is -0.157. The number of hydrogen-bond acceptors (Lipinski definition) is 4. The molecule has 0 aromatic heterocycles. The van der Waals surface area contributed by atoms with E-state index in [0.717, 1.165) is 0 Å². The van der Waals surface area contributed by atoms with Gasteiger partial charge < -0.3 is 14.2 Å². The normalized spacial score (nSPS) is 11.1. The number of carbonyl (C=O) groups excluding carboxylic acids is 1. The zero-order chi connectivity index (χ0) is 14.6. The Morgan fingerprint density at radius 2 is 1.89 bits per heavy atom. The predicted molar refractivity (Wildman–Crippen MR) is 74.4 cm³/mol. The van der Waals surface area contributed by atoms with Crippen molar-refractivity contribution in [2.75, 3.05) is 13.7 Å². The van der Waals surface area contributed by atoms with E-state index < -0.39 is 11.6 Å². The molecule has 0 spiro atoms. The molecule has 0 atom stereocenters. The van der Waals surface area contributed by atoms with Gasteiger partial charge >= 0.3 is 5.97 Å². The molecule has 106 valence electrons. The molecule has 1 aromatic carbocycles. The third-order valence-corrected chi connectivity index (χ3v) is 2.44. The second-order valence-corrected chi connectivity index (χ2v) is 5.64. The van der Waals surface area contributed by atoms with Gasteiger partial charge in [-0.2, -0.15) is 0 Å².